The fourth-order valence-electron chi connectivity index (χ4n) is 5.44. The molecule has 0 amide bonds. The summed E-state index contributed by atoms with van der Waals surface area (Å²) in [6.07, 6.45) is 6.97. The number of likely N-dealkylation sites (N-methyl/N-ethyl adjacent to an activating group) is 1. The summed E-state index contributed by atoms with van der Waals surface area (Å²) in [5.74, 6) is 1.08. The smallest absolute Gasteiger partial charge is 0.126 e. The maximum absolute atomic E-state index is 3.90. The summed E-state index contributed by atoms with van der Waals surface area (Å²) in [6, 6.07) is 28.2. The quantitative estimate of drug-likeness (QED) is 0.255. The van der Waals surface area contributed by atoms with E-state index in [4.69, 9.17) is 0 Å². The second-order valence-electron chi connectivity index (χ2n) is 11.3. The zero-order chi connectivity index (χ0) is 28.8. The molecule has 1 atom stereocenters. The number of nitrogens with one attached hydrogen (secondary N) is 1. The number of hydrogen-bond donors (Lipinski definition) is 1. The van der Waals surface area contributed by atoms with Crippen LogP contribution in [0.1, 0.15) is 18.4 Å². The summed E-state index contributed by atoms with van der Waals surface area (Å²) in [6.45, 7) is 4.08. The van der Waals surface area contributed by atoms with Crippen molar-refractivity contribution in [3.63, 3.8) is 0 Å². The molecule has 0 saturated heterocycles. The molecule has 1 N–H and O–H groups in total. The largest absolute Gasteiger partial charge is 0.358 e. The topological polar surface area (TPSA) is 28.2 Å². The van der Waals surface area contributed by atoms with Crippen molar-refractivity contribution in [2.45, 2.75) is 23.1 Å². The van der Waals surface area contributed by atoms with Crippen molar-refractivity contribution < 1.29 is 0 Å². The van der Waals surface area contributed by atoms with E-state index in [1.165, 1.54) is 27.4 Å². The number of para-hydroxylation sites is 3. The highest BCUT2D eigenvalue weighted by Gasteiger charge is 2.29. The SMILES string of the molecule is CN(C)CCCN(CCCN(C)C)NC1=CC(=CC2Sc3ccccc3N2C)c2ccccc2N1c1ccccc1. The van der Waals surface area contributed by atoms with E-state index in [-0.39, 0.29) is 5.37 Å². The van der Waals surface area contributed by atoms with Crippen LogP contribution in [0, 0.1) is 0 Å². The van der Waals surface area contributed by atoms with Gasteiger partial charge in [0.05, 0.1) is 16.7 Å². The number of rotatable bonds is 12. The van der Waals surface area contributed by atoms with Gasteiger partial charge < -0.3 is 20.1 Å². The van der Waals surface area contributed by atoms with E-state index in [0.717, 1.165) is 50.5 Å². The highest BCUT2D eigenvalue weighted by molar-refractivity contribution is 8.00. The van der Waals surface area contributed by atoms with Crippen LogP contribution in [0.25, 0.3) is 5.57 Å². The van der Waals surface area contributed by atoms with Crippen LogP contribution >= 0.6 is 11.8 Å². The summed E-state index contributed by atoms with van der Waals surface area (Å²) in [7, 11) is 10.8. The van der Waals surface area contributed by atoms with Gasteiger partial charge >= 0.3 is 0 Å². The molecule has 0 fully saturated rings. The van der Waals surface area contributed by atoms with E-state index < -0.39 is 0 Å². The number of nitrogens with zero attached hydrogens (tertiary/aromatic N) is 5. The number of hydrogen-bond acceptors (Lipinski definition) is 7. The summed E-state index contributed by atoms with van der Waals surface area (Å²) in [5.41, 5.74) is 10.0. The Bertz CT molecular complexity index is 1340. The Kier molecular flexibility index (Phi) is 9.72. The predicted molar refractivity (Wildman–Crippen MR) is 177 cm³/mol. The Labute approximate surface area is 250 Å². The van der Waals surface area contributed by atoms with Gasteiger partial charge in [-0.2, -0.15) is 0 Å². The summed E-state index contributed by atoms with van der Waals surface area (Å²) >= 11 is 1.92. The molecule has 0 aromatic heterocycles. The first kappa shape index (κ1) is 29.3. The lowest BCUT2D eigenvalue weighted by atomic mass is 9.97. The van der Waals surface area contributed by atoms with Crippen molar-refractivity contribution in [3.05, 3.63) is 102 Å². The second kappa shape index (κ2) is 13.6. The van der Waals surface area contributed by atoms with Gasteiger partial charge in [-0.1, -0.05) is 60.3 Å². The van der Waals surface area contributed by atoms with Crippen LogP contribution in [0.2, 0.25) is 0 Å². The Morgan fingerprint density at radius 1 is 0.756 bits per heavy atom. The van der Waals surface area contributed by atoms with Crippen molar-refractivity contribution in [2.75, 3.05) is 71.2 Å². The minimum absolute atomic E-state index is 0.229. The minimum Gasteiger partial charge on any atom is -0.358 e. The molecule has 0 radical (unpaired) electrons. The second-order valence-corrected chi connectivity index (χ2v) is 12.5. The van der Waals surface area contributed by atoms with Gasteiger partial charge in [0.25, 0.3) is 0 Å². The van der Waals surface area contributed by atoms with Crippen molar-refractivity contribution in [3.8, 4) is 0 Å². The van der Waals surface area contributed by atoms with Crippen LogP contribution in [-0.4, -0.2) is 81.6 Å². The van der Waals surface area contributed by atoms with Crippen LogP contribution in [0.15, 0.2) is 102 Å². The van der Waals surface area contributed by atoms with Crippen LogP contribution < -0.4 is 15.2 Å². The van der Waals surface area contributed by atoms with E-state index in [9.17, 15) is 0 Å². The van der Waals surface area contributed by atoms with Crippen LogP contribution in [0.5, 0.6) is 0 Å². The highest BCUT2D eigenvalue weighted by atomic mass is 32.2. The fourth-order valence-corrected chi connectivity index (χ4v) is 6.68. The molecular formula is C34H44N6S. The molecule has 41 heavy (non-hydrogen) atoms. The number of fused-ring (bicyclic) bond motifs is 2. The lowest BCUT2D eigenvalue weighted by molar-refractivity contribution is 0.189. The summed E-state index contributed by atoms with van der Waals surface area (Å²) in [4.78, 5) is 10.6. The van der Waals surface area contributed by atoms with Gasteiger partial charge in [0.1, 0.15) is 5.82 Å². The number of anilines is 3. The third-order valence-electron chi connectivity index (χ3n) is 7.54. The Morgan fingerprint density at radius 3 is 2.02 bits per heavy atom. The molecule has 3 aromatic rings. The standard InChI is InChI=1S/C34H44N6S/c1-36(2)21-13-23-39(24-14-22-37(3)4)35-33-25-27(26-34-38(5)31-19-11-12-20-32(31)41-34)29-17-9-10-18-30(29)40(33)28-15-7-6-8-16-28/h6-12,15-20,25-26,34-35H,13-14,21-24H2,1-5H3. The average molecular weight is 569 g/mol. The molecule has 7 heteroatoms. The van der Waals surface area contributed by atoms with Crippen LogP contribution in [0.4, 0.5) is 17.1 Å². The van der Waals surface area contributed by atoms with Crippen molar-refractivity contribution in [1.82, 2.24) is 20.2 Å². The zero-order valence-corrected chi connectivity index (χ0v) is 25.9. The zero-order valence-electron chi connectivity index (χ0n) is 25.1. The normalized spacial score (nSPS) is 17.4. The molecule has 3 aromatic carbocycles. The molecule has 2 aliphatic heterocycles. The lowest BCUT2D eigenvalue weighted by Gasteiger charge is -2.37. The molecule has 2 heterocycles. The van der Waals surface area contributed by atoms with Gasteiger partial charge in [-0.15, -0.1) is 0 Å². The molecule has 6 nitrogen and oxygen atoms in total. The molecule has 0 aliphatic carbocycles. The first-order valence-electron chi connectivity index (χ1n) is 14.6. The fraction of sp³-hybridized carbons (Fsp3) is 0.353. The van der Waals surface area contributed by atoms with Gasteiger partial charge in [-0.05, 0) is 102 Å². The molecule has 0 bridgehead atoms. The molecule has 1 unspecified atom stereocenters. The molecule has 5 rings (SSSR count). The van der Waals surface area contributed by atoms with Crippen molar-refractivity contribution in [2.24, 2.45) is 0 Å². The Hall–Kier alpha value is -3.23. The van der Waals surface area contributed by atoms with Gasteiger partial charge in [-0.3, -0.25) is 4.90 Å². The molecule has 0 saturated carbocycles. The molecule has 0 spiro atoms. The maximum atomic E-state index is 3.90. The first-order chi connectivity index (χ1) is 19.9. The average Bonchev–Trinajstić information content (AvgIpc) is 3.28. The Morgan fingerprint density at radius 2 is 1.37 bits per heavy atom. The monoisotopic (exact) mass is 568 g/mol. The summed E-state index contributed by atoms with van der Waals surface area (Å²) < 4.78 is 0. The van der Waals surface area contributed by atoms with Gasteiger partial charge in [-0.25, -0.2) is 5.01 Å². The maximum Gasteiger partial charge on any atom is 0.126 e. The van der Waals surface area contributed by atoms with E-state index in [2.05, 4.69) is 156 Å². The number of thioether (sulfide) groups is 1. The van der Waals surface area contributed by atoms with E-state index in [1.54, 1.807) is 0 Å². The van der Waals surface area contributed by atoms with Crippen LogP contribution in [-0.2, 0) is 0 Å². The third-order valence-corrected chi connectivity index (χ3v) is 8.83. The third kappa shape index (κ3) is 7.16. The number of hydrazine groups is 1. The predicted octanol–water partition coefficient (Wildman–Crippen LogP) is 6.34. The Balaban J connectivity index is 1.51. The van der Waals surface area contributed by atoms with E-state index in [0.29, 0.717) is 0 Å². The molecule has 2 aliphatic rings. The lowest BCUT2D eigenvalue weighted by Crippen LogP contribution is -2.45. The number of benzene rings is 3. The van der Waals surface area contributed by atoms with E-state index >= 15 is 0 Å². The highest BCUT2D eigenvalue weighted by Crippen LogP contribution is 2.46. The van der Waals surface area contributed by atoms with Crippen LogP contribution in [0.3, 0.4) is 0 Å². The minimum atomic E-state index is 0.229. The van der Waals surface area contributed by atoms with Gasteiger partial charge in [0.15, 0.2) is 0 Å². The van der Waals surface area contributed by atoms with Crippen molar-refractivity contribution in [1.29, 1.82) is 0 Å². The molecule has 216 valence electrons. The van der Waals surface area contributed by atoms with Crippen molar-refractivity contribution >= 4 is 34.4 Å². The van der Waals surface area contributed by atoms with Gasteiger partial charge in [0, 0.05) is 36.3 Å². The van der Waals surface area contributed by atoms with Gasteiger partial charge in [0.2, 0.25) is 0 Å². The van der Waals surface area contributed by atoms with E-state index in [1.807, 2.05) is 11.8 Å². The molecular weight excluding hydrogens is 524 g/mol. The number of allylic oxidation sites excluding steroid dienone is 2. The first-order valence-corrected chi connectivity index (χ1v) is 15.5. The summed E-state index contributed by atoms with van der Waals surface area (Å²) in [5, 5.41) is 2.64.